The van der Waals surface area contributed by atoms with Gasteiger partial charge in [0.05, 0.1) is 45.1 Å². The Balaban J connectivity index is 0.946. The number of rotatable bonds is 18. The van der Waals surface area contributed by atoms with Gasteiger partial charge in [0.2, 0.25) is 23.6 Å². The monoisotopic (exact) mass is 892 g/mol. The second kappa shape index (κ2) is 21.4. The van der Waals surface area contributed by atoms with Crippen molar-refractivity contribution < 1.29 is 38.1 Å². The number of carbonyl (C=O) groups is 4. The third kappa shape index (κ3) is 11.6. The van der Waals surface area contributed by atoms with Gasteiger partial charge < -0.3 is 40.2 Å². The largest absolute Gasteiger partial charge is 0.497 e. The first-order chi connectivity index (χ1) is 32.7. The highest BCUT2D eigenvalue weighted by Crippen LogP contribution is 2.38. The standard InChI is InChI=1S/C55H48N4O8/c1-64-40-16-9-18-42(32-40)66-50-25-6-5-24-48(50)58-54(62)35-57-53(61)31-38-15-8-23-47-45(38)21-11-22-46(47)39-26-28-51(67-43-19-10-17-41(33-43)65-2)49(30-39)59-55(63)34-56-52(60)29-27-37-14-7-13-36-12-3-4-20-44(36)37/h3-26,28,30,32-33H,27,29,31,34-35H2,1-2H3,(H,56,60)(H,57,61)(H,58,62)(H,59,63). The lowest BCUT2D eigenvalue weighted by atomic mass is 9.94. The fourth-order valence-electron chi connectivity index (χ4n) is 7.74. The number of carbonyl (C=O) groups excluding carboxylic acids is 4. The van der Waals surface area contributed by atoms with Crippen molar-refractivity contribution in [3.05, 3.63) is 181 Å². The van der Waals surface area contributed by atoms with Gasteiger partial charge in [0, 0.05) is 18.6 Å². The van der Waals surface area contributed by atoms with Gasteiger partial charge in [-0.1, -0.05) is 109 Å². The summed E-state index contributed by atoms with van der Waals surface area (Å²) in [5, 5.41) is 15.2. The second-order valence-electron chi connectivity index (χ2n) is 15.6. The van der Waals surface area contributed by atoms with Crippen LogP contribution in [0.3, 0.4) is 0 Å². The molecule has 0 saturated heterocycles. The van der Waals surface area contributed by atoms with Crippen molar-refractivity contribution in [3.63, 3.8) is 0 Å². The zero-order valence-electron chi connectivity index (χ0n) is 37.0. The van der Waals surface area contributed by atoms with Crippen molar-refractivity contribution in [3.8, 4) is 45.6 Å². The maximum absolute atomic E-state index is 13.5. The molecule has 12 nitrogen and oxygen atoms in total. The van der Waals surface area contributed by atoms with E-state index in [-0.39, 0.29) is 37.7 Å². The van der Waals surface area contributed by atoms with Gasteiger partial charge in [-0.2, -0.15) is 0 Å². The smallest absolute Gasteiger partial charge is 0.243 e. The lowest BCUT2D eigenvalue weighted by molar-refractivity contribution is -0.124. The van der Waals surface area contributed by atoms with E-state index in [9.17, 15) is 19.2 Å². The topological polar surface area (TPSA) is 153 Å². The van der Waals surface area contributed by atoms with Crippen molar-refractivity contribution in [1.82, 2.24) is 10.6 Å². The first kappa shape index (κ1) is 44.9. The highest BCUT2D eigenvalue weighted by molar-refractivity contribution is 6.02. The predicted octanol–water partition coefficient (Wildman–Crippen LogP) is 10.2. The summed E-state index contributed by atoms with van der Waals surface area (Å²) < 4.78 is 23.0. The fourth-order valence-corrected chi connectivity index (χ4v) is 7.74. The minimum absolute atomic E-state index is 0.0197. The molecule has 67 heavy (non-hydrogen) atoms. The van der Waals surface area contributed by atoms with E-state index in [2.05, 4.69) is 21.3 Å². The van der Waals surface area contributed by atoms with E-state index < -0.39 is 11.8 Å². The molecule has 0 unspecified atom stereocenters. The van der Waals surface area contributed by atoms with Crippen LogP contribution in [0.4, 0.5) is 11.4 Å². The normalized spacial score (nSPS) is 10.8. The zero-order chi connectivity index (χ0) is 46.5. The molecule has 8 aromatic carbocycles. The predicted molar refractivity (Wildman–Crippen MR) is 261 cm³/mol. The SMILES string of the molecule is COc1cccc(Oc2ccc(-c3cccc4c(CC(=O)NCC(=O)Nc5ccccc5Oc5cccc(OC)c5)cccc34)cc2NC(=O)CNC(=O)CCc2cccc3ccccc23)c1. The Bertz CT molecular complexity index is 3090. The molecule has 8 aromatic rings. The lowest BCUT2D eigenvalue weighted by Gasteiger charge is -2.16. The maximum atomic E-state index is 13.5. The first-order valence-corrected chi connectivity index (χ1v) is 21.7. The molecule has 0 aliphatic rings. The molecule has 0 aliphatic heterocycles. The van der Waals surface area contributed by atoms with Crippen LogP contribution >= 0.6 is 0 Å². The molecule has 8 rings (SSSR count). The van der Waals surface area contributed by atoms with Crippen LogP contribution in [-0.2, 0) is 32.0 Å². The van der Waals surface area contributed by atoms with Gasteiger partial charge in [0.15, 0.2) is 11.5 Å². The van der Waals surface area contributed by atoms with Crippen molar-refractivity contribution in [2.45, 2.75) is 19.3 Å². The quantitative estimate of drug-likeness (QED) is 0.0664. The fraction of sp³-hybridized carbons (Fsp3) is 0.127. The Morgan fingerprint density at radius 2 is 1.00 bits per heavy atom. The van der Waals surface area contributed by atoms with Crippen LogP contribution in [0, 0.1) is 0 Å². The van der Waals surface area contributed by atoms with Gasteiger partial charge in [-0.25, -0.2) is 0 Å². The van der Waals surface area contributed by atoms with Crippen LogP contribution in [0.5, 0.6) is 34.5 Å². The number of hydrogen-bond donors (Lipinski definition) is 4. The van der Waals surface area contributed by atoms with Gasteiger partial charge in [-0.15, -0.1) is 0 Å². The van der Waals surface area contributed by atoms with Crippen molar-refractivity contribution in [1.29, 1.82) is 0 Å². The van der Waals surface area contributed by atoms with Gasteiger partial charge in [-0.05, 0) is 98.8 Å². The van der Waals surface area contributed by atoms with Gasteiger partial charge in [-0.3, -0.25) is 19.2 Å². The second-order valence-corrected chi connectivity index (χ2v) is 15.6. The number of nitrogens with one attached hydrogen (secondary N) is 4. The van der Waals surface area contributed by atoms with Crippen LogP contribution in [0.2, 0.25) is 0 Å². The summed E-state index contributed by atoms with van der Waals surface area (Å²) in [5.74, 6) is 1.65. The van der Waals surface area contributed by atoms with Gasteiger partial charge in [0.25, 0.3) is 0 Å². The number of ether oxygens (including phenoxy) is 4. The number of aryl methyl sites for hydroxylation is 1. The molecule has 0 heterocycles. The maximum Gasteiger partial charge on any atom is 0.243 e. The Hall–Kier alpha value is -8.64. The minimum Gasteiger partial charge on any atom is -0.497 e. The molecule has 0 aromatic heterocycles. The molecule has 0 atom stereocenters. The summed E-state index contributed by atoms with van der Waals surface area (Å²) in [6.07, 6.45) is 0.771. The summed E-state index contributed by atoms with van der Waals surface area (Å²) >= 11 is 0. The van der Waals surface area contributed by atoms with E-state index in [0.717, 1.165) is 43.8 Å². The number of anilines is 2. The molecular formula is C55H48N4O8. The van der Waals surface area contributed by atoms with Crippen LogP contribution in [-0.4, -0.2) is 50.9 Å². The molecule has 0 saturated carbocycles. The Labute approximate surface area is 387 Å². The highest BCUT2D eigenvalue weighted by Gasteiger charge is 2.17. The molecule has 0 bridgehead atoms. The zero-order valence-corrected chi connectivity index (χ0v) is 37.0. The van der Waals surface area contributed by atoms with Crippen molar-refractivity contribution in [2.24, 2.45) is 0 Å². The molecule has 4 amide bonds. The summed E-state index contributed by atoms with van der Waals surface area (Å²) in [4.78, 5) is 52.9. The summed E-state index contributed by atoms with van der Waals surface area (Å²) in [6.45, 7) is -0.500. The first-order valence-electron chi connectivity index (χ1n) is 21.7. The molecule has 12 heteroatoms. The summed E-state index contributed by atoms with van der Waals surface area (Å²) in [5.41, 5.74) is 4.27. The number of hydrogen-bond acceptors (Lipinski definition) is 8. The average molecular weight is 893 g/mol. The summed E-state index contributed by atoms with van der Waals surface area (Å²) in [6, 6.07) is 52.4. The Morgan fingerprint density at radius 3 is 1.75 bits per heavy atom. The van der Waals surface area contributed by atoms with Crippen molar-refractivity contribution >= 4 is 56.5 Å². The van der Waals surface area contributed by atoms with E-state index in [1.54, 1.807) is 93.1 Å². The third-order valence-electron chi connectivity index (χ3n) is 11.0. The number of benzene rings is 8. The highest BCUT2D eigenvalue weighted by atomic mass is 16.5. The Morgan fingerprint density at radius 1 is 0.448 bits per heavy atom. The lowest BCUT2D eigenvalue weighted by Crippen LogP contribution is -2.33. The number of amides is 4. The van der Waals surface area contributed by atoms with Gasteiger partial charge >= 0.3 is 0 Å². The molecule has 0 radical (unpaired) electrons. The molecule has 0 aliphatic carbocycles. The third-order valence-corrected chi connectivity index (χ3v) is 11.0. The molecule has 0 fully saturated rings. The van der Waals surface area contributed by atoms with Crippen LogP contribution < -0.4 is 40.2 Å². The summed E-state index contributed by atoms with van der Waals surface area (Å²) in [7, 11) is 3.14. The Kier molecular flexibility index (Phi) is 14.3. The number of fused-ring (bicyclic) bond motifs is 2. The van der Waals surface area contributed by atoms with E-state index in [1.165, 1.54) is 0 Å². The molecule has 0 spiro atoms. The molecule has 336 valence electrons. The van der Waals surface area contributed by atoms with Crippen molar-refractivity contribution in [2.75, 3.05) is 37.9 Å². The van der Waals surface area contributed by atoms with E-state index >= 15 is 0 Å². The van der Waals surface area contributed by atoms with E-state index in [0.29, 0.717) is 52.3 Å². The van der Waals surface area contributed by atoms with E-state index in [4.69, 9.17) is 18.9 Å². The number of para-hydroxylation sites is 2. The van der Waals surface area contributed by atoms with Crippen LogP contribution in [0.1, 0.15) is 17.5 Å². The van der Waals surface area contributed by atoms with Gasteiger partial charge in [0.1, 0.15) is 23.0 Å². The molecule has 4 N–H and O–H groups in total. The minimum atomic E-state index is -0.433. The van der Waals surface area contributed by atoms with Crippen LogP contribution in [0.15, 0.2) is 170 Å². The molecular weight excluding hydrogens is 845 g/mol. The number of methoxy groups -OCH3 is 2. The average Bonchev–Trinajstić information content (AvgIpc) is 3.35. The van der Waals surface area contributed by atoms with E-state index in [1.807, 2.05) is 91.0 Å². The van der Waals surface area contributed by atoms with Crippen LogP contribution in [0.25, 0.3) is 32.7 Å².